The van der Waals surface area contributed by atoms with Crippen molar-refractivity contribution in [2.24, 2.45) is 11.8 Å². The number of nitrogens with zero attached hydrogens (tertiary/aromatic N) is 1. The topological polar surface area (TPSA) is 37.4 Å². The molecule has 1 amide bonds. The van der Waals surface area contributed by atoms with Gasteiger partial charge >= 0.3 is 0 Å². The smallest absolute Gasteiger partial charge is 0.225 e. The average molecular weight is 249 g/mol. The van der Waals surface area contributed by atoms with Crippen LogP contribution in [0.5, 0.6) is 0 Å². The lowest BCUT2D eigenvalue weighted by molar-refractivity contribution is -0.138. The fourth-order valence-electron chi connectivity index (χ4n) is 4.14. The highest BCUT2D eigenvalue weighted by Gasteiger charge is 2.41. The van der Waals surface area contributed by atoms with Gasteiger partial charge in [-0.25, -0.2) is 0 Å². The highest BCUT2D eigenvalue weighted by Crippen LogP contribution is 2.36. The largest absolute Gasteiger partial charge is 0.339 e. The fourth-order valence-corrected chi connectivity index (χ4v) is 4.14. The molecule has 0 radical (unpaired) electrons. The van der Waals surface area contributed by atoms with Crippen LogP contribution in [0.4, 0.5) is 0 Å². The molecule has 0 bridgehead atoms. The first kappa shape index (κ1) is 12.2. The normalized spacial score (nSPS) is 33.6. The summed E-state index contributed by atoms with van der Waals surface area (Å²) in [6, 6.07) is 0.244. The summed E-state index contributed by atoms with van der Waals surface area (Å²) < 4.78 is 0. The second kappa shape index (κ2) is 5.02. The summed E-state index contributed by atoms with van der Waals surface area (Å²) in [5.41, 5.74) is 0. The third-order valence-electron chi connectivity index (χ3n) is 5.10. The van der Waals surface area contributed by atoms with Crippen LogP contribution in [-0.4, -0.2) is 29.2 Å². The van der Waals surface area contributed by atoms with Gasteiger partial charge in [-0.05, 0) is 38.5 Å². The maximum atomic E-state index is 12.5. The van der Waals surface area contributed by atoms with Crippen LogP contribution >= 0.6 is 0 Å². The standard InChI is InChI=1S/C15H23NO2/c17-14-9-3-7-12(14)13-8-4-10-16(13)15(18)11-5-1-2-6-11/h11-13H,1-10H2. The van der Waals surface area contributed by atoms with Crippen molar-refractivity contribution in [3.63, 3.8) is 0 Å². The monoisotopic (exact) mass is 249 g/mol. The van der Waals surface area contributed by atoms with Crippen LogP contribution in [0.25, 0.3) is 0 Å². The molecule has 2 unspecified atom stereocenters. The van der Waals surface area contributed by atoms with Crippen LogP contribution < -0.4 is 0 Å². The van der Waals surface area contributed by atoms with Crippen molar-refractivity contribution in [2.45, 2.75) is 63.8 Å². The van der Waals surface area contributed by atoms with E-state index in [1.165, 1.54) is 12.8 Å². The average Bonchev–Trinajstić information content (AvgIpc) is 3.09. The third-order valence-corrected chi connectivity index (χ3v) is 5.10. The Kier molecular flexibility index (Phi) is 3.40. The van der Waals surface area contributed by atoms with Crippen molar-refractivity contribution in [3.8, 4) is 0 Å². The second-order valence-electron chi connectivity index (χ2n) is 6.19. The zero-order valence-corrected chi connectivity index (χ0v) is 11.1. The summed E-state index contributed by atoms with van der Waals surface area (Å²) >= 11 is 0. The first-order valence-corrected chi connectivity index (χ1v) is 7.60. The zero-order chi connectivity index (χ0) is 12.5. The van der Waals surface area contributed by atoms with E-state index in [4.69, 9.17) is 0 Å². The van der Waals surface area contributed by atoms with Gasteiger partial charge in [-0.3, -0.25) is 9.59 Å². The van der Waals surface area contributed by atoms with E-state index in [0.29, 0.717) is 11.7 Å². The Balaban J connectivity index is 1.70. The summed E-state index contributed by atoms with van der Waals surface area (Å²) in [6.45, 7) is 0.893. The van der Waals surface area contributed by atoms with Gasteiger partial charge in [-0.1, -0.05) is 12.8 Å². The molecular formula is C15H23NO2. The maximum Gasteiger partial charge on any atom is 0.225 e. The molecular weight excluding hydrogens is 226 g/mol. The minimum Gasteiger partial charge on any atom is -0.339 e. The van der Waals surface area contributed by atoms with Crippen LogP contribution in [-0.2, 0) is 9.59 Å². The van der Waals surface area contributed by atoms with E-state index in [2.05, 4.69) is 4.90 Å². The van der Waals surface area contributed by atoms with Crippen molar-refractivity contribution in [2.75, 3.05) is 6.54 Å². The Labute approximate surface area is 109 Å². The Morgan fingerprint density at radius 1 is 1.00 bits per heavy atom. The lowest BCUT2D eigenvalue weighted by Crippen LogP contribution is -2.43. The van der Waals surface area contributed by atoms with Gasteiger partial charge in [0, 0.05) is 30.8 Å². The second-order valence-corrected chi connectivity index (χ2v) is 6.19. The molecule has 0 N–H and O–H groups in total. The predicted octanol–water partition coefficient (Wildman–Crippen LogP) is 2.54. The van der Waals surface area contributed by atoms with E-state index in [9.17, 15) is 9.59 Å². The fraction of sp³-hybridized carbons (Fsp3) is 0.867. The molecule has 0 aromatic rings. The molecule has 0 aromatic heterocycles. The summed E-state index contributed by atoms with van der Waals surface area (Å²) in [4.78, 5) is 26.5. The predicted molar refractivity (Wildman–Crippen MR) is 69.0 cm³/mol. The lowest BCUT2D eigenvalue weighted by atomic mass is 9.94. The molecule has 1 saturated heterocycles. The van der Waals surface area contributed by atoms with Crippen molar-refractivity contribution in [1.29, 1.82) is 0 Å². The van der Waals surface area contributed by atoms with Gasteiger partial charge in [0.25, 0.3) is 0 Å². The summed E-state index contributed by atoms with van der Waals surface area (Å²) in [5.74, 6) is 1.20. The van der Waals surface area contributed by atoms with Gasteiger partial charge < -0.3 is 4.90 Å². The van der Waals surface area contributed by atoms with Crippen molar-refractivity contribution >= 4 is 11.7 Å². The number of rotatable bonds is 2. The molecule has 3 fully saturated rings. The minimum atomic E-state index is 0.165. The quantitative estimate of drug-likeness (QED) is 0.754. The van der Waals surface area contributed by atoms with Gasteiger partial charge in [-0.2, -0.15) is 0 Å². The minimum absolute atomic E-state index is 0.165. The molecule has 2 saturated carbocycles. The van der Waals surface area contributed by atoms with E-state index in [1.54, 1.807) is 0 Å². The van der Waals surface area contributed by atoms with Gasteiger partial charge in [-0.15, -0.1) is 0 Å². The van der Waals surface area contributed by atoms with Gasteiger partial charge in [0.05, 0.1) is 0 Å². The van der Waals surface area contributed by atoms with E-state index in [1.807, 2.05) is 0 Å². The lowest BCUT2D eigenvalue weighted by Gasteiger charge is -2.30. The van der Waals surface area contributed by atoms with Gasteiger partial charge in [0.2, 0.25) is 5.91 Å². The molecule has 3 nitrogen and oxygen atoms in total. The molecule has 3 aliphatic rings. The molecule has 1 heterocycles. The molecule has 1 aliphatic heterocycles. The van der Waals surface area contributed by atoms with Crippen LogP contribution in [0.2, 0.25) is 0 Å². The van der Waals surface area contributed by atoms with Crippen molar-refractivity contribution in [1.82, 2.24) is 4.90 Å². The maximum absolute atomic E-state index is 12.5. The van der Waals surface area contributed by atoms with Gasteiger partial charge in [0.1, 0.15) is 5.78 Å². The summed E-state index contributed by atoms with van der Waals surface area (Å²) in [6.07, 6.45) is 9.48. The first-order chi connectivity index (χ1) is 8.77. The number of amides is 1. The summed E-state index contributed by atoms with van der Waals surface area (Å²) in [5, 5.41) is 0. The van der Waals surface area contributed by atoms with E-state index in [-0.39, 0.29) is 17.9 Å². The van der Waals surface area contributed by atoms with Crippen LogP contribution in [0, 0.1) is 11.8 Å². The molecule has 3 rings (SSSR count). The number of Topliss-reactive ketones (excluding diaryl/α,β-unsaturated/α-hetero) is 1. The van der Waals surface area contributed by atoms with Crippen LogP contribution in [0.15, 0.2) is 0 Å². The molecule has 3 heteroatoms. The van der Waals surface area contributed by atoms with Crippen molar-refractivity contribution in [3.05, 3.63) is 0 Å². The van der Waals surface area contributed by atoms with E-state index in [0.717, 1.165) is 51.5 Å². The Bertz CT molecular complexity index is 346. The number of carbonyl (C=O) groups is 2. The zero-order valence-electron chi connectivity index (χ0n) is 11.1. The van der Waals surface area contributed by atoms with E-state index >= 15 is 0 Å². The Morgan fingerprint density at radius 3 is 2.44 bits per heavy atom. The number of ketones is 1. The highest BCUT2D eigenvalue weighted by atomic mass is 16.2. The number of hydrogen-bond acceptors (Lipinski definition) is 2. The first-order valence-electron chi connectivity index (χ1n) is 7.60. The Morgan fingerprint density at radius 2 is 1.78 bits per heavy atom. The number of carbonyl (C=O) groups excluding carboxylic acids is 2. The molecule has 0 aromatic carbocycles. The molecule has 2 aliphatic carbocycles. The molecule has 18 heavy (non-hydrogen) atoms. The third kappa shape index (κ3) is 2.08. The van der Waals surface area contributed by atoms with E-state index < -0.39 is 0 Å². The molecule has 100 valence electrons. The Hall–Kier alpha value is -0.860. The van der Waals surface area contributed by atoms with Crippen LogP contribution in [0.1, 0.15) is 57.8 Å². The summed E-state index contributed by atoms with van der Waals surface area (Å²) in [7, 11) is 0. The van der Waals surface area contributed by atoms with Crippen molar-refractivity contribution < 1.29 is 9.59 Å². The number of likely N-dealkylation sites (tertiary alicyclic amines) is 1. The SMILES string of the molecule is O=C1CCCC1C1CCCN1C(=O)C1CCCC1. The molecule has 2 atom stereocenters. The van der Waals surface area contributed by atoms with Gasteiger partial charge in [0.15, 0.2) is 0 Å². The number of hydrogen-bond donors (Lipinski definition) is 0. The van der Waals surface area contributed by atoms with Crippen LogP contribution in [0.3, 0.4) is 0 Å². The molecule has 0 spiro atoms. The highest BCUT2D eigenvalue weighted by molar-refractivity contribution is 5.85.